The van der Waals surface area contributed by atoms with E-state index in [9.17, 15) is 14.7 Å². The number of benzene rings is 2. The molecular weight excluding hydrogens is 390 g/mol. The average molecular weight is 415 g/mol. The van der Waals surface area contributed by atoms with Crippen LogP contribution in [0.15, 0.2) is 41.5 Å². The molecule has 0 aliphatic heterocycles. The van der Waals surface area contributed by atoms with E-state index < -0.39 is 5.91 Å². The number of phenols is 1. The van der Waals surface area contributed by atoms with Crippen LogP contribution < -0.4 is 25.0 Å². The van der Waals surface area contributed by atoms with Crippen molar-refractivity contribution in [3.05, 3.63) is 42.0 Å². The minimum atomic E-state index is -0.411. The maximum atomic E-state index is 12.0. The second kappa shape index (κ2) is 11.3. The highest BCUT2D eigenvalue weighted by atomic mass is 16.5. The lowest BCUT2D eigenvalue weighted by Crippen LogP contribution is -2.20. The Balaban J connectivity index is 1.81. The summed E-state index contributed by atoms with van der Waals surface area (Å²) < 4.78 is 15.5. The topological polar surface area (TPSA) is 118 Å². The molecule has 0 atom stereocenters. The smallest absolute Gasteiger partial charge is 0.240 e. The molecule has 2 rings (SSSR count). The lowest BCUT2D eigenvalue weighted by atomic mass is 10.2. The zero-order chi connectivity index (χ0) is 21.9. The molecule has 0 spiro atoms. The number of nitrogens with zero attached hydrogens (tertiary/aromatic N) is 1. The molecule has 2 aromatic carbocycles. The van der Waals surface area contributed by atoms with E-state index >= 15 is 0 Å². The van der Waals surface area contributed by atoms with Crippen LogP contribution in [-0.2, 0) is 9.59 Å². The molecular formula is C21H25N3O6. The first-order chi connectivity index (χ1) is 14.5. The van der Waals surface area contributed by atoms with Crippen LogP contribution in [0, 0.1) is 0 Å². The molecule has 9 nitrogen and oxygen atoms in total. The molecule has 0 radical (unpaired) electrons. The van der Waals surface area contributed by atoms with Crippen molar-refractivity contribution in [1.82, 2.24) is 5.43 Å². The van der Waals surface area contributed by atoms with Crippen LogP contribution in [0.2, 0.25) is 0 Å². The summed E-state index contributed by atoms with van der Waals surface area (Å²) in [6, 6.07) is 10.1. The van der Waals surface area contributed by atoms with E-state index in [0.717, 1.165) is 5.75 Å². The van der Waals surface area contributed by atoms with Crippen molar-refractivity contribution in [2.45, 2.75) is 19.8 Å². The summed E-state index contributed by atoms with van der Waals surface area (Å²) in [5.41, 5.74) is 3.52. The van der Waals surface area contributed by atoms with Crippen LogP contribution in [0.1, 0.15) is 25.3 Å². The highest BCUT2D eigenvalue weighted by Crippen LogP contribution is 2.36. The Bertz CT molecular complexity index is 871. The van der Waals surface area contributed by atoms with Crippen LogP contribution in [-0.4, -0.2) is 44.0 Å². The number of hydrazone groups is 1. The van der Waals surface area contributed by atoms with Gasteiger partial charge in [-0.2, -0.15) is 5.10 Å². The molecule has 0 saturated carbocycles. The number of ether oxygens (including phenoxy) is 3. The van der Waals surface area contributed by atoms with E-state index in [1.54, 1.807) is 24.3 Å². The van der Waals surface area contributed by atoms with Gasteiger partial charge in [-0.05, 0) is 43.3 Å². The molecule has 0 bridgehead atoms. The van der Waals surface area contributed by atoms with Gasteiger partial charge < -0.3 is 24.6 Å². The van der Waals surface area contributed by atoms with Crippen molar-refractivity contribution in [1.29, 1.82) is 0 Å². The number of rotatable bonds is 10. The minimum Gasteiger partial charge on any atom is -0.502 e. The van der Waals surface area contributed by atoms with Crippen molar-refractivity contribution in [2.75, 3.05) is 26.1 Å². The molecule has 0 aromatic heterocycles. The molecule has 0 saturated heterocycles. The zero-order valence-corrected chi connectivity index (χ0v) is 17.1. The van der Waals surface area contributed by atoms with Crippen LogP contribution >= 0.6 is 0 Å². The molecule has 30 heavy (non-hydrogen) atoms. The zero-order valence-electron chi connectivity index (χ0n) is 17.1. The van der Waals surface area contributed by atoms with Gasteiger partial charge in [0.05, 0.1) is 27.0 Å². The van der Waals surface area contributed by atoms with Gasteiger partial charge in [-0.15, -0.1) is 0 Å². The van der Waals surface area contributed by atoms with Crippen molar-refractivity contribution in [3.63, 3.8) is 0 Å². The first-order valence-electron chi connectivity index (χ1n) is 9.26. The molecule has 9 heteroatoms. The molecule has 2 amide bonds. The van der Waals surface area contributed by atoms with Gasteiger partial charge in [-0.3, -0.25) is 9.59 Å². The number of carbonyl (C=O) groups excluding carboxylic acids is 2. The molecule has 3 N–H and O–H groups in total. The second-order valence-corrected chi connectivity index (χ2v) is 6.07. The Hall–Kier alpha value is -3.75. The van der Waals surface area contributed by atoms with Gasteiger partial charge in [0.1, 0.15) is 5.75 Å². The highest BCUT2D eigenvalue weighted by Gasteiger charge is 2.10. The Morgan fingerprint density at radius 3 is 2.20 bits per heavy atom. The molecule has 160 valence electrons. The molecule has 0 heterocycles. The van der Waals surface area contributed by atoms with Crippen LogP contribution in [0.25, 0.3) is 0 Å². The molecule has 2 aromatic rings. The number of hydrogen-bond acceptors (Lipinski definition) is 7. The number of phenolic OH excluding ortho intramolecular Hbond substituents is 1. The standard InChI is InChI=1S/C21H25N3O6/c1-4-30-16-7-5-15(6-8-16)23-19(25)9-10-20(26)24-22-13-14-11-17(28-2)21(27)18(12-14)29-3/h5-8,11-13,27H,4,9-10H2,1-3H3,(H,23,25)(H,24,26)/b22-13+. The van der Waals surface area contributed by atoms with Gasteiger partial charge in [0.2, 0.25) is 17.6 Å². The van der Waals surface area contributed by atoms with Crippen molar-refractivity contribution < 1.29 is 28.9 Å². The summed E-state index contributed by atoms with van der Waals surface area (Å²) in [5.74, 6) is 0.328. The quantitative estimate of drug-likeness (QED) is 0.406. The lowest BCUT2D eigenvalue weighted by molar-refractivity contribution is -0.124. The highest BCUT2D eigenvalue weighted by molar-refractivity contribution is 5.93. The van der Waals surface area contributed by atoms with E-state index in [2.05, 4.69) is 15.8 Å². The Kier molecular flexibility index (Phi) is 8.49. The summed E-state index contributed by atoms with van der Waals surface area (Å²) in [5, 5.41) is 16.4. The fourth-order valence-corrected chi connectivity index (χ4v) is 2.47. The third-order valence-electron chi connectivity index (χ3n) is 3.93. The normalized spacial score (nSPS) is 10.5. The fourth-order valence-electron chi connectivity index (χ4n) is 2.47. The third kappa shape index (κ3) is 6.69. The molecule has 0 aliphatic carbocycles. The van der Waals surface area contributed by atoms with Gasteiger partial charge in [0.25, 0.3) is 0 Å². The van der Waals surface area contributed by atoms with E-state index in [1.165, 1.54) is 32.6 Å². The van der Waals surface area contributed by atoms with Crippen LogP contribution in [0.4, 0.5) is 5.69 Å². The first-order valence-corrected chi connectivity index (χ1v) is 9.26. The van der Waals surface area contributed by atoms with Crippen molar-refractivity contribution >= 4 is 23.7 Å². The van der Waals surface area contributed by atoms with E-state index in [4.69, 9.17) is 14.2 Å². The van der Waals surface area contributed by atoms with Crippen LogP contribution in [0.5, 0.6) is 23.0 Å². The van der Waals surface area contributed by atoms with Crippen molar-refractivity contribution in [3.8, 4) is 23.0 Å². The monoisotopic (exact) mass is 415 g/mol. The molecule has 0 fully saturated rings. The van der Waals surface area contributed by atoms with E-state index in [-0.39, 0.29) is 36.0 Å². The summed E-state index contributed by atoms with van der Waals surface area (Å²) >= 11 is 0. The second-order valence-electron chi connectivity index (χ2n) is 6.07. The lowest BCUT2D eigenvalue weighted by Gasteiger charge is -2.09. The summed E-state index contributed by atoms with van der Waals surface area (Å²) in [6.45, 7) is 2.46. The maximum Gasteiger partial charge on any atom is 0.240 e. The number of nitrogens with one attached hydrogen (secondary N) is 2. The number of methoxy groups -OCH3 is 2. The number of hydrogen-bond donors (Lipinski definition) is 3. The van der Waals surface area contributed by atoms with Gasteiger partial charge in [-0.25, -0.2) is 5.43 Å². The molecule has 0 unspecified atom stereocenters. The Morgan fingerprint density at radius 2 is 1.63 bits per heavy atom. The van der Waals surface area contributed by atoms with Gasteiger partial charge in [-0.1, -0.05) is 0 Å². The Labute approximate surface area is 174 Å². The predicted octanol–water partition coefficient (Wildman–Crippen LogP) is 2.68. The number of aromatic hydroxyl groups is 1. The largest absolute Gasteiger partial charge is 0.502 e. The van der Waals surface area contributed by atoms with Crippen molar-refractivity contribution in [2.24, 2.45) is 5.10 Å². The fraction of sp³-hybridized carbons (Fsp3) is 0.286. The summed E-state index contributed by atoms with van der Waals surface area (Å²) in [4.78, 5) is 23.9. The van der Waals surface area contributed by atoms with Gasteiger partial charge in [0.15, 0.2) is 11.5 Å². The number of anilines is 1. The number of carbonyl (C=O) groups is 2. The summed E-state index contributed by atoms with van der Waals surface area (Å²) in [6.07, 6.45) is 1.36. The Morgan fingerprint density at radius 1 is 1.03 bits per heavy atom. The summed E-state index contributed by atoms with van der Waals surface area (Å²) in [7, 11) is 2.82. The predicted molar refractivity (Wildman–Crippen MR) is 112 cm³/mol. The van der Waals surface area contributed by atoms with Crippen LogP contribution in [0.3, 0.4) is 0 Å². The van der Waals surface area contributed by atoms with Gasteiger partial charge in [0, 0.05) is 24.1 Å². The third-order valence-corrected chi connectivity index (χ3v) is 3.93. The van der Waals surface area contributed by atoms with Gasteiger partial charge >= 0.3 is 0 Å². The maximum absolute atomic E-state index is 12.0. The van der Waals surface area contributed by atoms with E-state index in [1.807, 2.05) is 6.92 Å². The number of amides is 2. The average Bonchev–Trinajstić information content (AvgIpc) is 2.74. The van der Waals surface area contributed by atoms with E-state index in [0.29, 0.717) is 17.9 Å². The first kappa shape index (κ1) is 22.5. The SMILES string of the molecule is CCOc1ccc(NC(=O)CCC(=O)N/N=C/c2cc(OC)c(O)c(OC)c2)cc1. The molecule has 0 aliphatic rings. The minimum absolute atomic E-state index is 0.00935.